The highest BCUT2D eigenvalue weighted by atomic mass is 16.5. The molecule has 3 rings (SSSR count). The third-order valence-electron chi connectivity index (χ3n) is 2.37. The molecule has 0 unspecified atom stereocenters. The summed E-state index contributed by atoms with van der Waals surface area (Å²) in [6.45, 7) is 5.92. The maximum Gasteiger partial charge on any atom is 0.293 e. The predicted molar refractivity (Wildman–Crippen MR) is 71.7 cm³/mol. The molecular weight excluding hydrogens is 244 g/mol. The van der Waals surface area contributed by atoms with Crippen LogP contribution in [0.5, 0.6) is 0 Å². The van der Waals surface area contributed by atoms with Crippen molar-refractivity contribution in [1.29, 1.82) is 0 Å². The molecule has 3 heterocycles. The topological polar surface area (TPSA) is 83.0 Å². The van der Waals surface area contributed by atoms with Crippen molar-refractivity contribution in [2.45, 2.75) is 26.4 Å². The number of carbonyl (C=O) groups excluding carboxylic acids is 1. The molecule has 0 saturated carbocycles. The zero-order valence-corrected chi connectivity index (χ0v) is 11.1. The number of pyridine rings is 1. The molecule has 2 aliphatic rings. The Morgan fingerprint density at radius 3 is 2.42 bits per heavy atom. The number of nitrogens with zero attached hydrogens (tertiary/aromatic N) is 3. The fourth-order valence-corrected chi connectivity index (χ4v) is 1.37. The van der Waals surface area contributed by atoms with E-state index in [0.29, 0.717) is 12.3 Å². The maximum atomic E-state index is 9.60. The predicted octanol–water partition coefficient (Wildman–Crippen LogP) is 1.79. The molecule has 1 aromatic heterocycles. The zero-order chi connectivity index (χ0) is 14.0. The van der Waals surface area contributed by atoms with E-state index in [1.807, 2.05) is 37.7 Å². The van der Waals surface area contributed by atoms with Crippen molar-refractivity contribution in [1.82, 2.24) is 14.8 Å². The summed E-state index contributed by atoms with van der Waals surface area (Å²) in [4.78, 5) is 13.6. The van der Waals surface area contributed by atoms with Gasteiger partial charge < -0.3 is 10.5 Å². The van der Waals surface area contributed by atoms with Gasteiger partial charge in [-0.2, -0.15) is 0 Å². The fourth-order valence-electron chi connectivity index (χ4n) is 1.37. The third kappa shape index (κ3) is 3.31. The maximum absolute atomic E-state index is 9.60. The van der Waals surface area contributed by atoms with Crippen molar-refractivity contribution in [3.05, 3.63) is 24.5 Å². The van der Waals surface area contributed by atoms with E-state index in [2.05, 4.69) is 14.8 Å². The van der Waals surface area contributed by atoms with Crippen LogP contribution in [0.15, 0.2) is 24.5 Å². The second-order valence-electron chi connectivity index (χ2n) is 5.11. The molecule has 0 atom stereocenters. The van der Waals surface area contributed by atoms with Crippen LogP contribution in [-0.4, -0.2) is 26.8 Å². The molecule has 6 nitrogen and oxygen atoms in total. The first-order valence-electron chi connectivity index (χ1n) is 5.84. The summed E-state index contributed by atoms with van der Waals surface area (Å²) < 4.78 is 6.39. The minimum Gasteiger partial charge on any atom is -0.462 e. The van der Waals surface area contributed by atoms with E-state index >= 15 is 0 Å². The number of anilines is 1. The Labute approximate surface area is 111 Å². The Morgan fingerprint density at radius 1 is 1.37 bits per heavy atom. The highest BCUT2D eigenvalue weighted by Crippen LogP contribution is 2.34. The number of aromatic nitrogens is 3. The van der Waals surface area contributed by atoms with E-state index in [1.54, 1.807) is 12.3 Å². The summed E-state index contributed by atoms with van der Waals surface area (Å²) in [5, 5.41) is 4.05. The van der Waals surface area contributed by atoms with Crippen molar-refractivity contribution in [2.75, 3.05) is 5.73 Å². The molecule has 0 amide bonds. The van der Waals surface area contributed by atoms with Gasteiger partial charge in [0.05, 0.1) is 0 Å². The Bertz CT molecular complexity index is 582. The van der Waals surface area contributed by atoms with Crippen molar-refractivity contribution in [3.63, 3.8) is 0 Å². The van der Waals surface area contributed by atoms with Crippen LogP contribution in [0, 0.1) is 0 Å². The molecule has 2 N–H and O–H groups in total. The lowest BCUT2D eigenvalue weighted by Crippen LogP contribution is -2.17. The molecule has 0 fully saturated rings. The summed E-state index contributed by atoms with van der Waals surface area (Å²) in [6.07, 6.45) is 3.74. The molecular formula is C13H16N4O2. The number of fused-ring (bicyclic) bond motifs is 1. The van der Waals surface area contributed by atoms with Crippen LogP contribution in [0.25, 0.3) is 16.9 Å². The summed E-state index contributed by atoms with van der Waals surface area (Å²) >= 11 is 0. The second kappa shape index (κ2) is 4.72. The second-order valence-corrected chi connectivity index (χ2v) is 5.11. The van der Waals surface area contributed by atoms with Gasteiger partial charge in [-0.25, -0.2) is 9.67 Å². The largest absolute Gasteiger partial charge is 0.462 e. The smallest absolute Gasteiger partial charge is 0.293 e. The molecule has 6 heteroatoms. The highest BCUT2D eigenvalue weighted by Gasteiger charge is 2.24. The fraction of sp³-hybridized carbons (Fsp3) is 0.308. The van der Waals surface area contributed by atoms with Gasteiger partial charge in [-0.1, -0.05) is 0 Å². The van der Waals surface area contributed by atoms with Crippen LogP contribution < -0.4 is 5.73 Å². The Morgan fingerprint density at radius 2 is 2.11 bits per heavy atom. The van der Waals surface area contributed by atoms with Crippen molar-refractivity contribution < 1.29 is 9.53 Å². The molecule has 0 radical (unpaired) electrons. The van der Waals surface area contributed by atoms with Gasteiger partial charge in [-0.3, -0.25) is 4.79 Å². The minimum absolute atomic E-state index is 0.318. The average molecular weight is 260 g/mol. The zero-order valence-electron chi connectivity index (χ0n) is 11.1. The van der Waals surface area contributed by atoms with Gasteiger partial charge in [0.25, 0.3) is 6.47 Å². The number of ether oxygens (including phenoxy) is 1. The Kier molecular flexibility index (Phi) is 3.25. The van der Waals surface area contributed by atoms with E-state index in [4.69, 9.17) is 5.73 Å². The van der Waals surface area contributed by atoms with Crippen LogP contribution in [0.4, 0.5) is 5.82 Å². The number of carbonyl (C=O) groups is 1. The normalized spacial score (nSPS) is 11.3. The van der Waals surface area contributed by atoms with Crippen LogP contribution in [0.3, 0.4) is 0 Å². The Hall–Kier alpha value is -2.37. The first-order chi connectivity index (χ1) is 8.90. The summed E-state index contributed by atoms with van der Waals surface area (Å²) in [6, 6.07) is 3.74. The van der Waals surface area contributed by atoms with Gasteiger partial charge in [-0.15, -0.1) is 5.10 Å². The number of nitrogens with two attached hydrogens (primary N) is 1. The number of hydrogen-bond donors (Lipinski definition) is 1. The molecule has 0 aromatic carbocycles. The molecule has 100 valence electrons. The van der Waals surface area contributed by atoms with Crippen LogP contribution >= 0.6 is 0 Å². The quantitative estimate of drug-likeness (QED) is 0.710. The monoisotopic (exact) mass is 260 g/mol. The molecule has 0 bridgehead atoms. The van der Waals surface area contributed by atoms with Gasteiger partial charge in [0, 0.05) is 23.5 Å². The van der Waals surface area contributed by atoms with Crippen molar-refractivity contribution >= 4 is 12.3 Å². The molecule has 2 aliphatic heterocycles. The summed E-state index contributed by atoms with van der Waals surface area (Å²) in [7, 11) is 0. The van der Waals surface area contributed by atoms with Crippen LogP contribution in [0.1, 0.15) is 20.8 Å². The number of nitrogen functional groups attached to an aromatic ring is 1. The lowest BCUT2D eigenvalue weighted by atomic mass is 10.1. The van der Waals surface area contributed by atoms with E-state index in [-0.39, 0.29) is 5.60 Å². The standard InChI is InChI=1S/C8H6N4.C5H10O2/c9-7-2-1-5(3-10-7)6-4-12-8(6)11-12;1-5(2,3)7-4-6/h1-4H,(H2,9,10);4H,1-3H3. The number of hydrogen-bond acceptors (Lipinski definition) is 5. The van der Waals surface area contributed by atoms with E-state index in [0.717, 1.165) is 16.9 Å². The minimum atomic E-state index is -0.318. The third-order valence-corrected chi connectivity index (χ3v) is 2.37. The number of rotatable bonds is 2. The van der Waals surface area contributed by atoms with E-state index < -0.39 is 0 Å². The molecule has 0 spiro atoms. The highest BCUT2D eigenvalue weighted by molar-refractivity contribution is 5.76. The van der Waals surface area contributed by atoms with Gasteiger partial charge >= 0.3 is 0 Å². The van der Waals surface area contributed by atoms with Gasteiger partial charge in [0.2, 0.25) is 0 Å². The first kappa shape index (κ1) is 13.1. The lowest BCUT2D eigenvalue weighted by Gasteiger charge is -2.14. The SMILES string of the molecule is CC(C)(C)OC=O.Nc1ccc(-c2cn3nc2-3)cn1. The molecule has 19 heavy (non-hydrogen) atoms. The summed E-state index contributed by atoms with van der Waals surface area (Å²) in [5.41, 5.74) is 7.38. The molecule has 0 aliphatic carbocycles. The average Bonchev–Trinajstić information content (AvgIpc) is 2.92. The first-order valence-corrected chi connectivity index (χ1v) is 5.84. The summed E-state index contributed by atoms with van der Waals surface area (Å²) in [5.74, 6) is 1.61. The lowest BCUT2D eigenvalue weighted by molar-refractivity contribution is -0.138. The van der Waals surface area contributed by atoms with E-state index in [9.17, 15) is 4.79 Å². The van der Waals surface area contributed by atoms with E-state index in [1.165, 1.54) is 0 Å². The molecule has 0 saturated heterocycles. The van der Waals surface area contributed by atoms with Crippen LogP contribution in [0.2, 0.25) is 0 Å². The van der Waals surface area contributed by atoms with Crippen molar-refractivity contribution in [2.24, 2.45) is 0 Å². The van der Waals surface area contributed by atoms with Gasteiger partial charge in [0.1, 0.15) is 11.4 Å². The van der Waals surface area contributed by atoms with Crippen molar-refractivity contribution in [3.8, 4) is 16.9 Å². The van der Waals surface area contributed by atoms with Gasteiger partial charge in [0.15, 0.2) is 5.82 Å². The Balaban J connectivity index is 0.000000167. The van der Waals surface area contributed by atoms with Crippen LogP contribution in [-0.2, 0) is 9.53 Å². The molecule has 1 aromatic rings. The van der Waals surface area contributed by atoms with Gasteiger partial charge in [-0.05, 0) is 32.9 Å².